The number of carboxylic acid groups (broad SMARTS) is 1. The van der Waals surface area contributed by atoms with Gasteiger partial charge in [-0.3, -0.25) is 9.58 Å². The van der Waals surface area contributed by atoms with E-state index >= 15 is 0 Å². The normalized spacial score (nSPS) is 21.5. The van der Waals surface area contributed by atoms with Crippen molar-refractivity contribution >= 4 is 5.97 Å². The van der Waals surface area contributed by atoms with Crippen LogP contribution in [0.3, 0.4) is 0 Å². The topological polar surface area (TPSA) is 58.4 Å². The van der Waals surface area contributed by atoms with E-state index in [9.17, 15) is 9.90 Å². The maximum Gasteiger partial charge on any atom is 0.339 e. The van der Waals surface area contributed by atoms with Gasteiger partial charge >= 0.3 is 5.97 Å². The molecule has 1 N–H and O–H groups in total. The molecule has 1 fully saturated rings. The van der Waals surface area contributed by atoms with Crippen molar-refractivity contribution in [3.63, 3.8) is 0 Å². The molecule has 21 heavy (non-hydrogen) atoms. The Hall–Kier alpha value is -1.36. The number of hydrogen-bond acceptors (Lipinski definition) is 3. The summed E-state index contributed by atoms with van der Waals surface area (Å²) in [6.45, 7) is 3.65. The van der Waals surface area contributed by atoms with Crippen molar-refractivity contribution in [3.8, 4) is 0 Å². The van der Waals surface area contributed by atoms with Gasteiger partial charge in [-0.1, -0.05) is 32.1 Å². The van der Waals surface area contributed by atoms with Crippen molar-refractivity contribution in [2.45, 2.75) is 58.0 Å². The van der Waals surface area contributed by atoms with Crippen molar-refractivity contribution in [1.29, 1.82) is 0 Å². The van der Waals surface area contributed by atoms with Crippen LogP contribution in [0.1, 0.15) is 61.0 Å². The lowest BCUT2D eigenvalue weighted by atomic mass is 9.90. The van der Waals surface area contributed by atoms with Crippen LogP contribution in [0.25, 0.3) is 0 Å². The molecule has 0 saturated heterocycles. The molecule has 5 nitrogen and oxygen atoms in total. The summed E-state index contributed by atoms with van der Waals surface area (Å²) in [6.07, 6.45) is 11.0. The Balaban J connectivity index is 1.62. The van der Waals surface area contributed by atoms with Gasteiger partial charge in [0.15, 0.2) is 0 Å². The van der Waals surface area contributed by atoms with Crippen LogP contribution in [-0.4, -0.2) is 38.8 Å². The average Bonchev–Trinajstić information content (AvgIpc) is 2.85. The monoisotopic (exact) mass is 291 g/mol. The lowest BCUT2D eigenvalue weighted by Gasteiger charge is -2.32. The first-order chi connectivity index (χ1) is 10.2. The lowest BCUT2D eigenvalue weighted by Crippen LogP contribution is -2.37. The van der Waals surface area contributed by atoms with Gasteiger partial charge in [-0.05, 0) is 18.8 Å². The second-order valence-corrected chi connectivity index (χ2v) is 6.48. The van der Waals surface area contributed by atoms with Crippen molar-refractivity contribution in [2.75, 3.05) is 13.1 Å². The molecule has 1 aliphatic heterocycles. The summed E-state index contributed by atoms with van der Waals surface area (Å²) in [5.74, 6) is -0.0721. The Morgan fingerprint density at radius 2 is 1.90 bits per heavy atom. The second kappa shape index (κ2) is 6.60. The fourth-order valence-corrected chi connectivity index (χ4v) is 3.72. The molecular formula is C16H25N3O2. The molecule has 5 heteroatoms. The van der Waals surface area contributed by atoms with Crippen LogP contribution in [0.5, 0.6) is 0 Å². The van der Waals surface area contributed by atoms with E-state index < -0.39 is 5.97 Å². The molecule has 1 saturated carbocycles. The van der Waals surface area contributed by atoms with Gasteiger partial charge in [-0.15, -0.1) is 0 Å². The number of aromatic nitrogens is 2. The van der Waals surface area contributed by atoms with Crippen molar-refractivity contribution in [1.82, 2.24) is 14.7 Å². The van der Waals surface area contributed by atoms with E-state index in [4.69, 9.17) is 0 Å². The summed E-state index contributed by atoms with van der Waals surface area (Å²) in [4.78, 5) is 13.7. The predicted octanol–water partition coefficient (Wildman–Crippen LogP) is 2.76. The third-order valence-corrected chi connectivity index (χ3v) is 4.92. The summed E-state index contributed by atoms with van der Waals surface area (Å²) < 4.78 is 1.86. The van der Waals surface area contributed by atoms with Gasteiger partial charge in [-0.2, -0.15) is 5.10 Å². The van der Waals surface area contributed by atoms with E-state index in [2.05, 4.69) is 10.00 Å². The van der Waals surface area contributed by atoms with Crippen LogP contribution in [-0.2, 0) is 13.1 Å². The molecule has 0 radical (unpaired) electrons. The van der Waals surface area contributed by atoms with Crippen LogP contribution in [0.15, 0.2) is 6.20 Å². The van der Waals surface area contributed by atoms with Crippen LogP contribution < -0.4 is 0 Å². The summed E-state index contributed by atoms with van der Waals surface area (Å²) >= 11 is 0. The fourth-order valence-electron chi connectivity index (χ4n) is 3.72. The van der Waals surface area contributed by atoms with Gasteiger partial charge in [0, 0.05) is 19.6 Å². The highest BCUT2D eigenvalue weighted by Crippen LogP contribution is 2.25. The number of aromatic carboxylic acids is 1. The second-order valence-electron chi connectivity index (χ2n) is 6.48. The first-order valence-corrected chi connectivity index (χ1v) is 8.24. The third kappa shape index (κ3) is 3.46. The van der Waals surface area contributed by atoms with Crippen LogP contribution in [0.2, 0.25) is 0 Å². The Morgan fingerprint density at radius 1 is 1.19 bits per heavy atom. The van der Waals surface area contributed by atoms with Gasteiger partial charge in [0.2, 0.25) is 0 Å². The minimum Gasteiger partial charge on any atom is -0.478 e. The first kappa shape index (κ1) is 14.6. The van der Waals surface area contributed by atoms with Crippen molar-refractivity contribution < 1.29 is 9.90 Å². The zero-order valence-electron chi connectivity index (χ0n) is 12.6. The van der Waals surface area contributed by atoms with Crippen molar-refractivity contribution in [3.05, 3.63) is 17.5 Å². The van der Waals surface area contributed by atoms with E-state index in [0.29, 0.717) is 5.56 Å². The van der Waals surface area contributed by atoms with Gasteiger partial charge in [0.25, 0.3) is 0 Å². The molecular weight excluding hydrogens is 266 g/mol. The van der Waals surface area contributed by atoms with Crippen LogP contribution >= 0.6 is 0 Å². The highest BCUT2D eigenvalue weighted by molar-refractivity contribution is 5.88. The number of nitrogens with zero attached hydrogens (tertiary/aromatic N) is 3. The summed E-state index contributed by atoms with van der Waals surface area (Å²) in [6, 6.07) is 0. The molecule has 3 rings (SSSR count). The molecule has 0 unspecified atom stereocenters. The minimum atomic E-state index is -0.857. The fraction of sp³-hybridized carbons (Fsp3) is 0.750. The standard InChI is InChI=1S/C16H25N3O2/c20-16(21)14-10-17-19-9-8-18(12-15(14)19)11-13-6-4-2-1-3-5-7-13/h10,13H,1-9,11-12H2,(H,20,21). The summed E-state index contributed by atoms with van der Waals surface area (Å²) in [5, 5.41) is 13.4. The van der Waals surface area contributed by atoms with Crippen molar-refractivity contribution in [2.24, 2.45) is 5.92 Å². The number of rotatable bonds is 3. The van der Waals surface area contributed by atoms with Crippen LogP contribution in [0, 0.1) is 5.92 Å². The SMILES string of the molecule is O=C(O)c1cnn2c1CN(CC1CCCCCCC1)CC2. The molecule has 2 aliphatic rings. The smallest absolute Gasteiger partial charge is 0.339 e. The van der Waals surface area contributed by atoms with Gasteiger partial charge in [0.1, 0.15) is 5.56 Å². The molecule has 0 atom stereocenters. The highest BCUT2D eigenvalue weighted by atomic mass is 16.4. The number of fused-ring (bicyclic) bond motifs is 1. The van der Waals surface area contributed by atoms with E-state index in [-0.39, 0.29) is 0 Å². The highest BCUT2D eigenvalue weighted by Gasteiger charge is 2.25. The van der Waals surface area contributed by atoms with E-state index in [1.807, 2.05) is 4.68 Å². The van der Waals surface area contributed by atoms with Crippen LogP contribution in [0.4, 0.5) is 0 Å². The summed E-state index contributed by atoms with van der Waals surface area (Å²) in [7, 11) is 0. The molecule has 1 aromatic rings. The lowest BCUT2D eigenvalue weighted by molar-refractivity contribution is 0.0692. The molecule has 0 bridgehead atoms. The molecule has 116 valence electrons. The molecule has 0 spiro atoms. The van der Waals surface area contributed by atoms with Gasteiger partial charge < -0.3 is 5.11 Å². The van der Waals surface area contributed by atoms with Gasteiger partial charge in [-0.25, -0.2) is 4.79 Å². The Kier molecular flexibility index (Phi) is 4.58. The Morgan fingerprint density at radius 3 is 2.62 bits per heavy atom. The molecule has 1 aliphatic carbocycles. The maximum absolute atomic E-state index is 11.2. The Bertz CT molecular complexity index is 490. The maximum atomic E-state index is 11.2. The zero-order chi connectivity index (χ0) is 14.7. The largest absolute Gasteiger partial charge is 0.478 e. The molecule has 2 heterocycles. The van der Waals surface area contributed by atoms with E-state index in [0.717, 1.165) is 37.8 Å². The predicted molar refractivity (Wildman–Crippen MR) is 80.3 cm³/mol. The Labute approximate surface area is 125 Å². The van der Waals surface area contributed by atoms with E-state index in [1.54, 1.807) is 0 Å². The van der Waals surface area contributed by atoms with E-state index in [1.165, 1.54) is 51.1 Å². The number of carbonyl (C=O) groups is 1. The molecule has 0 amide bonds. The summed E-state index contributed by atoms with van der Waals surface area (Å²) in [5.41, 5.74) is 1.25. The zero-order valence-corrected chi connectivity index (χ0v) is 12.6. The third-order valence-electron chi connectivity index (χ3n) is 4.92. The number of carboxylic acids is 1. The molecule has 1 aromatic heterocycles. The number of hydrogen-bond donors (Lipinski definition) is 1. The quantitative estimate of drug-likeness (QED) is 0.930. The average molecular weight is 291 g/mol. The van der Waals surface area contributed by atoms with Gasteiger partial charge in [0.05, 0.1) is 18.4 Å². The first-order valence-electron chi connectivity index (χ1n) is 8.24. The minimum absolute atomic E-state index is 0.373. The molecule has 0 aromatic carbocycles.